The number of anilines is 1. The lowest BCUT2D eigenvalue weighted by molar-refractivity contribution is -0.118. The molecule has 1 aliphatic rings. The second-order valence-electron chi connectivity index (χ2n) is 7.66. The quantitative estimate of drug-likeness (QED) is 0.371. The van der Waals surface area contributed by atoms with Crippen molar-refractivity contribution in [1.82, 2.24) is 10.4 Å². The Morgan fingerprint density at radius 1 is 1.27 bits per heavy atom. The van der Waals surface area contributed by atoms with Crippen LogP contribution in [0.15, 0.2) is 52.0 Å². The van der Waals surface area contributed by atoms with Gasteiger partial charge >= 0.3 is 0 Å². The standard InChI is InChI=1S/C23H28BrClN4O/c1-4-5-6-13-28(3)27-23(30)20-15-22(17-7-9-18(24)10-8-17)29(26-20)21-12-11-19(25)14-16(21)2/h7-12,14,22H,4-6,13,15H2,1-3H3,(H,27,30). The number of hydrogen-bond acceptors (Lipinski definition) is 4. The zero-order chi connectivity index (χ0) is 21.7. The van der Waals surface area contributed by atoms with E-state index in [1.165, 1.54) is 0 Å². The predicted molar refractivity (Wildman–Crippen MR) is 128 cm³/mol. The van der Waals surface area contributed by atoms with E-state index in [0.29, 0.717) is 17.2 Å². The summed E-state index contributed by atoms with van der Waals surface area (Å²) in [5, 5.41) is 9.22. The largest absolute Gasteiger partial charge is 0.284 e. The second kappa shape index (κ2) is 10.4. The molecule has 2 aromatic rings. The minimum atomic E-state index is -0.148. The molecule has 1 amide bonds. The summed E-state index contributed by atoms with van der Waals surface area (Å²) in [4.78, 5) is 12.9. The average Bonchev–Trinajstić information content (AvgIpc) is 3.14. The molecule has 2 aromatic carbocycles. The second-order valence-corrected chi connectivity index (χ2v) is 9.02. The van der Waals surface area contributed by atoms with Crippen molar-refractivity contribution >= 4 is 44.8 Å². The molecule has 1 atom stereocenters. The Morgan fingerprint density at radius 3 is 2.67 bits per heavy atom. The maximum absolute atomic E-state index is 12.9. The van der Waals surface area contributed by atoms with Crippen LogP contribution in [0.1, 0.15) is 49.8 Å². The van der Waals surface area contributed by atoms with E-state index in [0.717, 1.165) is 47.1 Å². The topological polar surface area (TPSA) is 47.9 Å². The SMILES string of the molecule is CCCCCN(C)NC(=O)C1=NN(c2ccc(Cl)cc2C)C(c2ccc(Br)cc2)C1. The number of hydrazine groups is 1. The molecule has 1 heterocycles. The molecule has 1 aliphatic heterocycles. The van der Waals surface area contributed by atoms with E-state index < -0.39 is 0 Å². The molecule has 0 saturated heterocycles. The molecule has 160 valence electrons. The van der Waals surface area contributed by atoms with Crippen molar-refractivity contribution in [2.75, 3.05) is 18.6 Å². The number of unbranched alkanes of at least 4 members (excludes halogenated alkanes) is 2. The predicted octanol–water partition coefficient (Wildman–Crippen LogP) is 5.87. The van der Waals surface area contributed by atoms with Crippen molar-refractivity contribution < 1.29 is 4.79 Å². The molecule has 0 fully saturated rings. The first-order chi connectivity index (χ1) is 14.4. The number of nitrogens with one attached hydrogen (secondary N) is 1. The van der Waals surface area contributed by atoms with Gasteiger partial charge < -0.3 is 0 Å². The van der Waals surface area contributed by atoms with Crippen molar-refractivity contribution in [2.45, 2.75) is 45.6 Å². The zero-order valence-corrected chi connectivity index (χ0v) is 20.0. The van der Waals surface area contributed by atoms with E-state index in [2.05, 4.69) is 40.4 Å². The van der Waals surface area contributed by atoms with Gasteiger partial charge in [-0.25, -0.2) is 5.01 Å². The van der Waals surface area contributed by atoms with Crippen molar-refractivity contribution in [3.63, 3.8) is 0 Å². The Balaban J connectivity index is 1.84. The number of carbonyl (C=O) groups is 1. The first kappa shape index (κ1) is 22.8. The molecule has 0 bridgehead atoms. The van der Waals surface area contributed by atoms with Crippen molar-refractivity contribution in [2.24, 2.45) is 5.10 Å². The highest BCUT2D eigenvalue weighted by Crippen LogP contribution is 2.37. The lowest BCUT2D eigenvalue weighted by atomic mass is 10.0. The van der Waals surface area contributed by atoms with Gasteiger partial charge in [0.1, 0.15) is 5.71 Å². The fraction of sp³-hybridized carbons (Fsp3) is 0.391. The molecule has 0 aliphatic carbocycles. The molecule has 3 rings (SSSR count). The van der Waals surface area contributed by atoms with Gasteiger partial charge in [-0.05, 0) is 54.8 Å². The number of hydrazone groups is 1. The number of carbonyl (C=O) groups excluding carboxylic acids is 1. The smallest absolute Gasteiger partial charge is 0.281 e. The van der Waals surface area contributed by atoms with Crippen LogP contribution in [0.2, 0.25) is 5.02 Å². The van der Waals surface area contributed by atoms with Gasteiger partial charge in [-0.2, -0.15) is 5.10 Å². The van der Waals surface area contributed by atoms with Crippen LogP contribution in [-0.4, -0.2) is 30.2 Å². The molecule has 30 heavy (non-hydrogen) atoms. The maximum atomic E-state index is 12.9. The Morgan fingerprint density at radius 2 is 2.00 bits per heavy atom. The summed E-state index contributed by atoms with van der Waals surface area (Å²) in [6, 6.07) is 13.9. The minimum Gasteiger partial charge on any atom is -0.284 e. The van der Waals surface area contributed by atoms with Crippen LogP contribution in [0.3, 0.4) is 0 Å². The van der Waals surface area contributed by atoms with E-state index in [-0.39, 0.29) is 11.9 Å². The highest BCUT2D eigenvalue weighted by atomic mass is 79.9. The summed E-state index contributed by atoms with van der Waals surface area (Å²) in [6.45, 7) is 5.00. The normalized spacial score (nSPS) is 16.1. The third-order valence-corrected chi connectivity index (χ3v) is 5.99. The maximum Gasteiger partial charge on any atom is 0.281 e. The minimum absolute atomic E-state index is 0.0517. The van der Waals surface area contributed by atoms with E-state index in [1.54, 1.807) is 0 Å². The van der Waals surface area contributed by atoms with E-state index >= 15 is 0 Å². The average molecular weight is 492 g/mol. The van der Waals surface area contributed by atoms with Crippen LogP contribution in [0.5, 0.6) is 0 Å². The summed E-state index contributed by atoms with van der Waals surface area (Å²) < 4.78 is 1.02. The molecule has 0 aromatic heterocycles. The van der Waals surface area contributed by atoms with Crippen LogP contribution in [0, 0.1) is 6.92 Å². The van der Waals surface area contributed by atoms with Gasteiger partial charge in [0, 0.05) is 29.5 Å². The van der Waals surface area contributed by atoms with E-state index in [4.69, 9.17) is 16.7 Å². The molecule has 1 N–H and O–H groups in total. The zero-order valence-electron chi connectivity index (χ0n) is 17.7. The molecular formula is C23H28BrClN4O. The number of amides is 1. The third-order valence-electron chi connectivity index (χ3n) is 5.22. The lowest BCUT2D eigenvalue weighted by Crippen LogP contribution is -2.43. The Labute approximate surface area is 192 Å². The van der Waals surface area contributed by atoms with Crippen molar-refractivity contribution in [1.29, 1.82) is 0 Å². The molecule has 5 nitrogen and oxygen atoms in total. The summed E-state index contributed by atoms with van der Waals surface area (Å²) in [6.07, 6.45) is 3.89. The number of hydrogen-bond donors (Lipinski definition) is 1. The van der Waals surface area contributed by atoms with Gasteiger partial charge in [0.15, 0.2) is 0 Å². The summed E-state index contributed by atoms with van der Waals surface area (Å²) in [5.74, 6) is -0.148. The summed E-state index contributed by atoms with van der Waals surface area (Å²) in [5.41, 5.74) is 6.57. The Kier molecular flexibility index (Phi) is 7.92. The van der Waals surface area contributed by atoms with Gasteiger partial charge in [0.05, 0.1) is 11.7 Å². The van der Waals surface area contributed by atoms with Crippen LogP contribution in [0.25, 0.3) is 0 Å². The van der Waals surface area contributed by atoms with Crippen LogP contribution < -0.4 is 10.4 Å². The molecular weight excluding hydrogens is 464 g/mol. The van der Waals surface area contributed by atoms with Gasteiger partial charge in [0.2, 0.25) is 0 Å². The lowest BCUT2D eigenvalue weighted by Gasteiger charge is -2.25. The number of nitrogens with zero attached hydrogens (tertiary/aromatic N) is 3. The first-order valence-electron chi connectivity index (χ1n) is 10.3. The molecule has 0 radical (unpaired) electrons. The monoisotopic (exact) mass is 490 g/mol. The van der Waals surface area contributed by atoms with Crippen LogP contribution in [-0.2, 0) is 4.79 Å². The Bertz CT molecular complexity index is 916. The number of rotatable bonds is 8. The Hall–Kier alpha value is -1.89. The number of halogens is 2. The number of aryl methyl sites for hydroxylation is 1. The molecule has 0 saturated carbocycles. The van der Waals surface area contributed by atoms with Gasteiger partial charge in [-0.1, -0.05) is 59.4 Å². The summed E-state index contributed by atoms with van der Waals surface area (Å²) in [7, 11) is 1.90. The van der Waals surface area contributed by atoms with Gasteiger partial charge in [0.25, 0.3) is 5.91 Å². The number of benzene rings is 2. The van der Waals surface area contributed by atoms with Crippen LogP contribution >= 0.6 is 27.5 Å². The highest BCUT2D eigenvalue weighted by Gasteiger charge is 2.33. The molecule has 0 spiro atoms. The van der Waals surface area contributed by atoms with E-state index in [1.807, 2.05) is 54.3 Å². The molecule has 1 unspecified atom stereocenters. The summed E-state index contributed by atoms with van der Waals surface area (Å²) >= 11 is 9.65. The van der Waals surface area contributed by atoms with Gasteiger partial charge in [-0.15, -0.1) is 0 Å². The first-order valence-corrected chi connectivity index (χ1v) is 11.5. The fourth-order valence-corrected chi connectivity index (χ4v) is 4.07. The third kappa shape index (κ3) is 5.62. The van der Waals surface area contributed by atoms with Crippen LogP contribution in [0.4, 0.5) is 5.69 Å². The van der Waals surface area contributed by atoms with E-state index in [9.17, 15) is 4.79 Å². The van der Waals surface area contributed by atoms with Crippen molar-refractivity contribution in [3.05, 3.63) is 63.1 Å². The molecule has 7 heteroatoms. The van der Waals surface area contributed by atoms with Gasteiger partial charge in [-0.3, -0.25) is 15.2 Å². The fourth-order valence-electron chi connectivity index (χ4n) is 3.58. The van der Waals surface area contributed by atoms with Crippen molar-refractivity contribution in [3.8, 4) is 0 Å². The highest BCUT2D eigenvalue weighted by molar-refractivity contribution is 9.10.